The molecule has 0 unspecified atom stereocenters. The lowest BCUT2D eigenvalue weighted by Crippen LogP contribution is -2.20. The number of primary amides is 1. The lowest BCUT2D eigenvalue weighted by atomic mass is 10.2. The molecule has 2 aromatic rings. The Labute approximate surface area is 121 Å². The van der Waals surface area contributed by atoms with Crippen LogP contribution in [-0.2, 0) is 4.79 Å². The van der Waals surface area contributed by atoms with Crippen molar-refractivity contribution >= 4 is 17.5 Å². The van der Waals surface area contributed by atoms with Crippen LogP contribution < -0.4 is 15.8 Å². The topological polar surface area (TPSA) is 107 Å². The van der Waals surface area contributed by atoms with Crippen LogP contribution >= 0.6 is 0 Å². The quantitative estimate of drug-likeness (QED) is 0.865. The van der Waals surface area contributed by atoms with Gasteiger partial charge in [0.15, 0.2) is 6.61 Å². The van der Waals surface area contributed by atoms with E-state index in [4.69, 9.17) is 15.0 Å². The minimum atomic E-state index is -0.550. The first kappa shape index (κ1) is 14.6. The largest absolute Gasteiger partial charge is 0.484 e. The summed E-state index contributed by atoms with van der Waals surface area (Å²) in [5, 5.41) is 6.47. The van der Waals surface area contributed by atoms with Gasteiger partial charge in [-0.25, -0.2) is 0 Å². The van der Waals surface area contributed by atoms with Gasteiger partial charge in [0.05, 0.1) is 5.69 Å². The molecule has 0 saturated carbocycles. The molecule has 2 amide bonds. The predicted octanol–water partition coefficient (Wildman–Crippen LogP) is 1.41. The van der Waals surface area contributed by atoms with Crippen LogP contribution in [0.15, 0.2) is 28.8 Å². The molecule has 7 nitrogen and oxygen atoms in total. The molecule has 0 aliphatic carbocycles. The van der Waals surface area contributed by atoms with Gasteiger partial charge in [-0.05, 0) is 38.1 Å². The van der Waals surface area contributed by atoms with Crippen molar-refractivity contribution in [3.8, 4) is 5.75 Å². The van der Waals surface area contributed by atoms with Crippen LogP contribution in [0.1, 0.15) is 21.8 Å². The number of aromatic nitrogens is 1. The van der Waals surface area contributed by atoms with Crippen LogP contribution in [0.3, 0.4) is 0 Å². The Bertz CT molecular complexity index is 642. The number of nitrogens with zero attached hydrogens (tertiary/aromatic N) is 1. The van der Waals surface area contributed by atoms with E-state index in [2.05, 4.69) is 10.5 Å². The third-order valence-corrected chi connectivity index (χ3v) is 2.75. The Morgan fingerprint density at radius 1 is 1.29 bits per heavy atom. The van der Waals surface area contributed by atoms with Gasteiger partial charge in [0.25, 0.3) is 11.8 Å². The summed E-state index contributed by atoms with van der Waals surface area (Å²) in [7, 11) is 0. The van der Waals surface area contributed by atoms with E-state index in [1.807, 2.05) is 0 Å². The van der Waals surface area contributed by atoms with Gasteiger partial charge in [0, 0.05) is 5.69 Å². The zero-order valence-electron chi connectivity index (χ0n) is 11.7. The predicted molar refractivity (Wildman–Crippen MR) is 75.1 cm³/mol. The second kappa shape index (κ2) is 6.08. The molecule has 3 N–H and O–H groups in total. The van der Waals surface area contributed by atoms with E-state index in [1.165, 1.54) is 0 Å². The number of nitrogens with two attached hydrogens (primary N) is 1. The lowest BCUT2D eigenvalue weighted by Gasteiger charge is -2.07. The molecule has 110 valence electrons. The highest BCUT2D eigenvalue weighted by atomic mass is 16.5. The third-order valence-electron chi connectivity index (χ3n) is 2.75. The number of ether oxygens (including phenoxy) is 1. The molecule has 7 heteroatoms. The summed E-state index contributed by atoms with van der Waals surface area (Å²) in [6.45, 7) is 3.19. The van der Waals surface area contributed by atoms with Crippen molar-refractivity contribution < 1.29 is 18.8 Å². The first-order chi connectivity index (χ1) is 9.97. The van der Waals surface area contributed by atoms with E-state index < -0.39 is 5.91 Å². The van der Waals surface area contributed by atoms with Gasteiger partial charge in [-0.15, -0.1) is 0 Å². The fourth-order valence-corrected chi connectivity index (χ4v) is 1.79. The highest BCUT2D eigenvalue weighted by Gasteiger charge is 2.17. The number of anilines is 1. The number of hydrogen-bond donors (Lipinski definition) is 2. The average molecular weight is 289 g/mol. The minimum Gasteiger partial charge on any atom is -0.484 e. The number of rotatable bonds is 5. The second-order valence-electron chi connectivity index (χ2n) is 4.43. The molecule has 0 saturated heterocycles. The Morgan fingerprint density at radius 2 is 1.95 bits per heavy atom. The van der Waals surface area contributed by atoms with Gasteiger partial charge in [0.1, 0.15) is 17.1 Å². The van der Waals surface area contributed by atoms with Gasteiger partial charge < -0.3 is 20.3 Å². The van der Waals surface area contributed by atoms with Crippen LogP contribution in [0.4, 0.5) is 5.69 Å². The maximum atomic E-state index is 12.1. The normalized spacial score (nSPS) is 10.2. The zero-order chi connectivity index (χ0) is 15.4. The lowest BCUT2D eigenvalue weighted by molar-refractivity contribution is -0.119. The third kappa shape index (κ3) is 3.59. The molecule has 0 aliphatic heterocycles. The van der Waals surface area contributed by atoms with Gasteiger partial charge >= 0.3 is 0 Å². The van der Waals surface area contributed by atoms with Crippen molar-refractivity contribution in [1.82, 2.24) is 5.16 Å². The smallest absolute Gasteiger partial charge is 0.261 e. The molecule has 0 bridgehead atoms. The summed E-state index contributed by atoms with van der Waals surface area (Å²) in [6.07, 6.45) is 0. The Hall–Kier alpha value is -2.83. The van der Waals surface area contributed by atoms with Crippen molar-refractivity contribution in [3.63, 3.8) is 0 Å². The number of amides is 2. The van der Waals surface area contributed by atoms with Crippen molar-refractivity contribution in [2.45, 2.75) is 13.8 Å². The molecular formula is C14H15N3O4. The van der Waals surface area contributed by atoms with Crippen molar-refractivity contribution in [3.05, 3.63) is 41.3 Å². The van der Waals surface area contributed by atoms with Gasteiger partial charge in [-0.1, -0.05) is 5.16 Å². The molecule has 2 rings (SSSR count). The van der Waals surface area contributed by atoms with Crippen LogP contribution in [0.25, 0.3) is 0 Å². The molecule has 0 aliphatic rings. The number of aryl methyl sites for hydroxylation is 2. The molecule has 0 fully saturated rings. The summed E-state index contributed by atoms with van der Waals surface area (Å²) >= 11 is 0. The Morgan fingerprint density at radius 3 is 2.48 bits per heavy atom. The van der Waals surface area contributed by atoms with Crippen LogP contribution in [0, 0.1) is 13.8 Å². The molecule has 1 heterocycles. The number of carbonyl (C=O) groups excluding carboxylic acids is 2. The van der Waals surface area contributed by atoms with Crippen LogP contribution in [-0.4, -0.2) is 23.6 Å². The number of nitrogens with one attached hydrogen (secondary N) is 1. The number of benzene rings is 1. The number of hydrogen-bond acceptors (Lipinski definition) is 5. The summed E-state index contributed by atoms with van der Waals surface area (Å²) in [5.41, 5.74) is 6.53. The Kier molecular flexibility index (Phi) is 4.22. The zero-order valence-corrected chi connectivity index (χ0v) is 11.7. The summed E-state index contributed by atoms with van der Waals surface area (Å²) in [6, 6.07) is 6.58. The van der Waals surface area contributed by atoms with Crippen LogP contribution in [0.2, 0.25) is 0 Å². The molecule has 0 radical (unpaired) electrons. The maximum Gasteiger partial charge on any atom is 0.261 e. The van der Waals surface area contributed by atoms with E-state index in [0.717, 1.165) is 0 Å². The first-order valence-corrected chi connectivity index (χ1v) is 6.22. The fourth-order valence-electron chi connectivity index (χ4n) is 1.79. The minimum absolute atomic E-state index is 0.190. The molecule has 21 heavy (non-hydrogen) atoms. The standard InChI is InChI=1S/C14H15N3O4/c1-8-13(9(2)21-17-8)14(19)16-10-3-5-11(6-4-10)20-7-12(15)18/h3-6H,7H2,1-2H3,(H2,15,18)(H,16,19). The summed E-state index contributed by atoms with van der Waals surface area (Å²) in [4.78, 5) is 22.7. The fraction of sp³-hybridized carbons (Fsp3) is 0.214. The van der Waals surface area contributed by atoms with Crippen molar-refractivity contribution in [2.75, 3.05) is 11.9 Å². The second-order valence-corrected chi connectivity index (χ2v) is 4.43. The van der Waals surface area contributed by atoms with Crippen molar-refractivity contribution in [1.29, 1.82) is 0 Å². The monoisotopic (exact) mass is 289 g/mol. The molecular weight excluding hydrogens is 274 g/mol. The van der Waals surface area contributed by atoms with E-state index in [9.17, 15) is 9.59 Å². The van der Waals surface area contributed by atoms with Gasteiger partial charge in [-0.3, -0.25) is 9.59 Å². The summed E-state index contributed by atoms with van der Waals surface area (Å²) in [5.74, 6) is 0.110. The summed E-state index contributed by atoms with van der Waals surface area (Å²) < 4.78 is 10.1. The molecule has 0 atom stereocenters. The average Bonchev–Trinajstić information content (AvgIpc) is 2.77. The molecule has 1 aromatic heterocycles. The maximum absolute atomic E-state index is 12.1. The Balaban J connectivity index is 2.03. The SMILES string of the molecule is Cc1noc(C)c1C(=O)Nc1ccc(OCC(N)=O)cc1. The van der Waals surface area contributed by atoms with E-state index in [1.54, 1.807) is 38.1 Å². The van der Waals surface area contributed by atoms with E-state index in [0.29, 0.717) is 28.5 Å². The van der Waals surface area contributed by atoms with E-state index >= 15 is 0 Å². The highest BCUT2D eigenvalue weighted by Crippen LogP contribution is 2.18. The molecule has 1 aromatic carbocycles. The van der Waals surface area contributed by atoms with Gasteiger partial charge in [-0.2, -0.15) is 0 Å². The van der Waals surface area contributed by atoms with Gasteiger partial charge in [0.2, 0.25) is 0 Å². The van der Waals surface area contributed by atoms with Crippen molar-refractivity contribution in [2.24, 2.45) is 5.73 Å². The first-order valence-electron chi connectivity index (χ1n) is 6.22. The van der Waals surface area contributed by atoms with E-state index in [-0.39, 0.29) is 12.5 Å². The molecule has 0 spiro atoms. The van der Waals surface area contributed by atoms with Crippen LogP contribution in [0.5, 0.6) is 5.75 Å². The highest BCUT2D eigenvalue weighted by molar-refractivity contribution is 6.05. The number of carbonyl (C=O) groups is 2.